The van der Waals surface area contributed by atoms with E-state index in [0.717, 1.165) is 6.07 Å². The lowest BCUT2D eigenvalue weighted by molar-refractivity contribution is -0.385. The highest BCUT2D eigenvalue weighted by Crippen LogP contribution is 2.36. The van der Waals surface area contributed by atoms with Gasteiger partial charge in [0.25, 0.3) is 5.69 Å². The Bertz CT molecular complexity index is 808. The van der Waals surface area contributed by atoms with E-state index in [9.17, 15) is 14.9 Å². The van der Waals surface area contributed by atoms with Crippen molar-refractivity contribution in [3.8, 4) is 11.5 Å². The lowest BCUT2D eigenvalue weighted by Gasteiger charge is -2.16. The first-order chi connectivity index (χ1) is 11.9. The number of halogens is 1. The van der Waals surface area contributed by atoms with Crippen molar-refractivity contribution in [3.63, 3.8) is 0 Å². The maximum atomic E-state index is 12.5. The molecule has 0 spiro atoms. The van der Waals surface area contributed by atoms with Crippen LogP contribution in [0, 0.1) is 10.1 Å². The van der Waals surface area contributed by atoms with Gasteiger partial charge in [-0.2, -0.15) is 0 Å². The van der Waals surface area contributed by atoms with E-state index in [2.05, 4.69) is 0 Å². The van der Waals surface area contributed by atoms with Gasteiger partial charge in [-0.25, -0.2) is 4.79 Å². The second-order valence-corrected chi connectivity index (χ2v) is 5.46. The topological polar surface area (TPSA) is 87.9 Å². The van der Waals surface area contributed by atoms with Crippen molar-refractivity contribution in [2.45, 2.75) is 13.0 Å². The lowest BCUT2D eigenvalue weighted by atomic mass is 10.1. The monoisotopic (exact) mass is 365 g/mol. The van der Waals surface area contributed by atoms with Gasteiger partial charge in [0.15, 0.2) is 11.5 Å². The third kappa shape index (κ3) is 4.00. The van der Waals surface area contributed by atoms with Gasteiger partial charge < -0.3 is 14.2 Å². The third-order valence-corrected chi connectivity index (χ3v) is 3.89. The van der Waals surface area contributed by atoms with Crippen LogP contribution in [0.3, 0.4) is 0 Å². The van der Waals surface area contributed by atoms with Crippen LogP contribution in [0.1, 0.15) is 28.9 Å². The van der Waals surface area contributed by atoms with E-state index in [0.29, 0.717) is 10.6 Å². The van der Waals surface area contributed by atoms with E-state index in [1.54, 1.807) is 31.2 Å². The molecule has 0 bridgehead atoms. The molecule has 1 atom stereocenters. The Kier molecular flexibility index (Phi) is 5.82. The number of rotatable bonds is 6. The zero-order valence-corrected chi connectivity index (χ0v) is 14.6. The van der Waals surface area contributed by atoms with Crippen LogP contribution < -0.4 is 9.47 Å². The Morgan fingerprint density at radius 3 is 2.32 bits per heavy atom. The van der Waals surface area contributed by atoms with Crippen molar-refractivity contribution in [2.75, 3.05) is 14.2 Å². The quantitative estimate of drug-likeness (QED) is 0.433. The molecule has 0 aliphatic rings. The standard InChI is InChI=1S/C17H16ClNO6/c1-10(11-6-4-5-7-13(11)18)25-17(20)12-8-15(23-2)16(24-3)9-14(12)19(21)22/h4-10H,1-3H3/t10-/m0/s1. The molecule has 132 valence electrons. The molecule has 0 unspecified atom stereocenters. The second-order valence-electron chi connectivity index (χ2n) is 5.05. The highest BCUT2D eigenvalue weighted by Gasteiger charge is 2.27. The number of carbonyl (C=O) groups excluding carboxylic acids is 1. The van der Waals surface area contributed by atoms with E-state index in [4.69, 9.17) is 25.8 Å². The van der Waals surface area contributed by atoms with Gasteiger partial charge in [-0.1, -0.05) is 29.8 Å². The zero-order valence-electron chi connectivity index (χ0n) is 13.8. The molecule has 0 aliphatic carbocycles. The zero-order chi connectivity index (χ0) is 18.6. The number of carbonyl (C=O) groups is 1. The highest BCUT2D eigenvalue weighted by molar-refractivity contribution is 6.31. The molecule has 0 heterocycles. The van der Waals surface area contributed by atoms with Crippen LogP contribution in [-0.4, -0.2) is 25.1 Å². The molecular formula is C17H16ClNO6. The summed E-state index contributed by atoms with van der Waals surface area (Å²) in [5, 5.41) is 11.7. The molecular weight excluding hydrogens is 350 g/mol. The molecule has 0 N–H and O–H groups in total. The molecule has 0 radical (unpaired) electrons. The lowest BCUT2D eigenvalue weighted by Crippen LogP contribution is -2.12. The second kappa shape index (κ2) is 7.85. The first kappa shape index (κ1) is 18.5. The average Bonchev–Trinajstić information content (AvgIpc) is 2.60. The summed E-state index contributed by atoms with van der Waals surface area (Å²) in [7, 11) is 2.71. The SMILES string of the molecule is COc1cc(C(=O)O[C@@H](C)c2ccccc2Cl)c([N+](=O)[O-])cc1OC. The number of nitro groups is 1. The fourth-order valence-electron chi connectivity index (χ4n) is 2.28. The number of hydrogen-bond donors (Lipinski definition) is 0. The first-order valence-corrected chi connectivity index (χ1v) is 7.62. The smallest absolute Gasteiger partial charge is 0.345 e. The van der Waals surface area contributed by atoms with Crippen LogP contribution in [0.15, 0.2) is 36.4 Å². The Hall–Kier alpha value is -2.80. The molecule has 0 aliphatic heterocycles. The van der Waals surface area contributed by atoms with Gasteiger partial charge in [0.2, 0.25) is 0 Å². The molecule has 2 aromatic rings. The molecule has 0 fully saturated rings. The average molecular weight is 366 g/mol. The number of hydrogen-bond acceptors (Lipinski definition) is 6. The first-order valence-electron chi connectivity index (χ1n) is 7.24. The summed E-state index contributed by atoms with van der Waals surface area (Å²) in [6.45, 7) is 1.63. The number of methoxy groups -OCH3 is 2. The fourth-order valence-corrected chi connectivity index (χ4v) is 2.56. The summed E-state index contributed by atoms with van der Waals surface area (Å²) >= 11 is 6.08. The molecule has 0 aromatic heterocycles. The molecule has 0 saturated carbocycles. The number of benzene rings is 2. The van der Waals surface area contributed by atoms with Crippen LogP contribution in [0.2, 0.25) is 5.02 Å². The minimum Gasteiger partial charge on any atom is -0.493 e. The Morgan fingerprint density at radius 2 is 1.76 bits per heavy atom. The predicted octanol–water partition coefficient (Wildman–Crippen LogP) is 4.18. The van der Waals surface area contributed by atoms with Crippen molar-refractivity contribution < 1.29 is 23.9 Å². The van der Waals surface area contributed by atoms with Crippen molar-refractivity contribution in [2.24, 2.45) is 0 Å². The van der Waals surface area contributed by atoms with E-state index in [1.165, 1.54) is 20.3 Å². The van der Waals surface area contributed by atoms with Gasteiger partial charge in [0, 0.05) is 16.7 Å². The van der Waals surface area contributed by atoms with Gasteiger partial charge in [0.1, 0.15) is 11.7 Å². The molecule has 0 saturated heterocycles. The van der Waals surface area contributed by atoms with Gasteiger partial charge in [-0.3, -0.25) is 10.1 Å². The largest absolute Gasteiger partial charge is 0.493 e. The predicted molar refractivity (Wildman–Crippen MR) is 91.5 cm³/mol. The van der Waals surface area contributed by atoms with Crippen LogP contribution in [0.4, 0.5) is 5.69 Å². The summed E-state index contributed by atoms with van der Waals surface area (Å²) in [5.41, 5.74) is -0.0730. The highest BCUT2D eigenvalue weighted by atomic mass is 35.5. The minimum atomic E-state index is -0.861. The number of nitrogens with zero attached hydrogens (tertiary/aromatic N) is 1. The van der Waals surface area contributed by atoms with E-state index < -0.39 is 22.7 Å². The van der Waals surface area contributed by atoms with E-state index in [-0.39, 0.29) is 17.1 Å². The normalized spacial score (nSPS) is 11.5. The van der Waals surface area contributed by atoms with E-state index >= 15 is 0 Å². The van der Waals surface area contributed by atoms with Crippen molar-refractivity contribution >= 4 is 23.3 Å². The van der Waals surface area contributed by atoms with Gasteiger partial charge in [-0.05, 0) is 13.0 Å². The summed E-state index contributed by atoms with van der Waals surface area (Å²) in [6.07, 6.45) is -0.686. The third-order valence-electron chi connectivity index (χ3n) is 3.55. The van der Waals surface area contributed by atoms with Crippen LogP contribution in [0.25, 0.3) is 0 Å². The van der Waals surface area contributed by atoms with Crippen LogP contribution in [0.5, 0.6) is 11.5 Å². The fraction of sp³-hybridized carbons (Fsp3) is 0.235. The van der Waals surface area contributed by atoms with Gasteiger partial charge >= 0.3 is 5.97 Å². The van der Waals surface area contributed by atoms with Crippen molar-refractivity contribution in [1.29, 1.82) is 0 Å². The minimum absolute atomic E-state index is 0.143. The molecule has 25 heavy (non-hydrogen) atoms. The Balaban J connectivity index is 2.38. The molecule has 7 nitrogen and oxygen atoms in total. The van der Waals surface area contributed by atoms with Crippen LogP contribution >= 0.6 is 11.6 Å². The molecule has 2 rings (SSSR count). The Labute approximate surface area is 149 Å². The van der Waals surface area contributed by atoms with Crippen molar-refractivity contribution in [1.82, 2.24) is 0 Å². The number of ether oxygens (including phenoxy) is 3. The number of nitro benzene ring substituents is 1. The van der Waals surface area contributed by atoms with E-state index in [1.807, 2.05) is 0 Å². The van der Waals surface area contributed by atoms with Gasteiger partial charge in [0.05, 0.1) is 25.2 Å². The summed E-state index contributed by atoms with van der Waals surface area (Å²) in [4.78, 5) is 23.1. The summed E-state index contributed by atoms with van der Waals surface area (Å²) < 4.78 is 15.5. The Morgan fingerprint density at radius 1 is 1.16 bits per heavy atom. The van der Waals surface area contributed by atoms with Gasteiger partial charge in [-0.15, -0.1) is 0 Å². The molecule has 8 heteroatoms. The molecule has 2 aromatic carbocycles. The van der Waals surface area contributed by atoms with Crippen LogP contribution in [-0.2, 0) is 4.74 Å². The van der Waals surface area contributed by atoms with Crippen molar-refractivity contribution in [3.05, 3.63) is 62.7 Å². The summed E-state index contributed by atoms with van der Waals surface area (Å²) in [5.74, 6) is -0.532. The summed E-state index contributed by atoms with van der Waals surface area (Å²) in [6, 6.07) is 9.22. The maximum Gasteiger partial charge on any atom is 0.345 e. The maximum absolute atomic E-state index is 12.5. The molecule has 0 amide bonds. The number of esters is 1.